The highest BCUT2D eigenvalue weighted by Gasteiger charge is 2.20. The molecule has 1 heterocycles. The lowest BCUT2D eigenvalue weighted by Gasteiger charge is -2.04. The highest BCUT2D eigenvalue weighted by atomic mass is 19.1. The molecule has 0 bridgehead atoms. The van der Waals surface area contributed by atoms with E-state index >= 15 is 0 Å². The number of amides is 1. The largest absolute Gasteiger partial charge is 0.360 e. The van der Waals surface area contributed by atoms with E-state index in [0.29, 0.717) is 10.9 Å². The predicted molar refractivity (Wildman–Crippen MR) is 87.0 cm³/mol. The van der Waals surface area contributed by atoms with Gasteiger partial charge in [0.15, 0.2) is 0 Å². The number of H-pyrrole nitrogens is 1. The van der Waals surface area contributed by atoms with Gasteiger partial charge >= 0.3 is 0 Å². The maximum absolute atomic E-state index is 13.1. The molecule has 1 amide bonds. The molecule has 0 atom stereocenters. The van der Waals surface area contributed by atoms with Crippen LogP contribution in [0.5, 0.6) is 0 Å². The van der Waals surface area contributed by atoms with E-state index in [0.717, 1.165) is 23.6 Å². The molecule has 0 fully saturated rings. The zero-order chi connectivity index (χ0) is 16.4. The molecule has 23 heavy (non-hydrogen) atoms. The Morgan fingerprint density at radius 2 is 1.96 bits per heavy atom. The Labute approximate surface area is 132 Å². The molecule has 0 aliphatic rings. The number of Topliss-reactive ketones (excluding diaryl/α,β-unsaturated/α-hetero) is 1. The third-order valence-electron chi connectivity index (χ3n) is 3.72. The minimum atomic E-state index is -0.793. The van der Waals surface area contributed by atoms with E-state index in [2.05, 4.69) is 10.3 Å². The molecule has 2 N–H and O–H groups in total. The summed E-state index contributed by atoms with van der Waals surface area (Å²) in [5.74, 6) is -1.93. The number of hydrogen-bond donors (Lipinski definition) is 2. The lowest BCUT2D eigenvalue weighted by atomic mass is 10.0. The third-order valence-corrected chi connectivity index (χ3v) is 3.72. The van der Waals surface area contributed by atoms with Crippen molar-refractivity contribution in [3.8, 4) is 0 Å². The number of aromatic nitrogens is 1. The van der Waals surface area contributed by atoms with Crippen LogP contribution in [0, 0.1) is 5.82 Å². The summed E-state index contributed by atoms with van der Waals surface area (Å²) in [5.41, 5.74) is 2.49. The average Bonchev–Trinajstić information content (AvgIpc) is 2.98. The molecule has 5 heteroatoms. The van der Waals surface area contributed by atoms with Gasteiger partial charge in [0.05, 0.1) is 5.56 Å². The molecule has 0 saturated carbocycles. The fourth-order valence-corrected chi connectivity index (χ4v) is 2.58. The fraction of sp³-hybridized carbons (Fsp3) is 0.111. The number of para-hydroxylation sites is 1. The SMILES string of the molecule is CCc1cccc2c(C(=O)C(=O)Nc3cccc(F)c3)c[nH]c12. The van der Waals surface area contributed by atoms with Crippen molar-refractivity contribution >= 4 is 28.3 Å². The van der Waals surface area contributed by atoms with Crippen molar-refractivity contribution in [3.63, 3.8) is 0 Å². The van der Waals surface area contributed by atoms with Crippen LogP contribution in [0.25, 0.3) is 10.9 Å². The summed E-state index contributed by atoms with van der Waals surface area (Å²) in [6, 6.07) is 11.1. The van der Waals surface area contributed by atoms with Crippen molar-refractivity contribution in [2.24, 2.45) is 0 Å². The molecule has 0 radical (unpaired) electrons. The van der Waals surface area contributed by atoms with Crippen molar-refractivity contribution in [1.82, 2.24) is 4.98 Å². The Morgan fingerprint density at radius 1 is 1.17 bits per heavy atom. The first-order chi connectivity index (χ1) is 11.1. The fourth-order valence-electron chi connectivity index (χ4n) is 2.58. The van der Waals surface area contributed by atoms with Gasteiger partial charge in [-0.15, -0.1) is 0 Å². The van der Waals surface area contributed by atoms with Gasteiger partial charge in [0.1, 0.15) is 5.82 Å². The van der Waals surface area contributed by atoms with E-state index in [-0.39, 0.29) is 5.69 Å². The Morgan fingerprint density at radius 3 is 2.70 bits per heavy atom. The van der Waals surface area contributed by atoms with E-state index in [1.807, 2.05) is 19.1 Å². The van der Waals surface area contributed by atoms with Gasteiger partial charge in [-0.3, -0.25) is 9.59 Å². The van der Waals surface area contributed by atoms with Crippen molar-refractivity contribution in [2.75, 3.05) is 5.32 Å². The van der Waals surface area contributed by atoms with Crippen LogP contribution in [0.15, 0.2) is 48.7 Å². The summed E-state index contributed by atoms with van der Waals surface area (Å²) < 4.78 is 13.1. The molecule has 0 aliphatic heterocycles. The Balaban J connectivity index is 1.90. The van der Waals surface area contributed by atoms with E-state index in [4.69, 9.17) is 0 Å². The molecule has 3 rings (SSSR count). The van der Waals surface area contributed by atoms with Crippen LogP contribution in [-0.4, -0.2) is 16.7 Å². The zero-order valence-corrected chi connectivity index (χ0v) is 12.5. The van der Waals surface area contributed by atoms with Gasteiger partial charge in [-0.05, 0) is 30.2 Å². The molecular weight excluding hydrogens is 295 g/mol. The van der Waals surface area contributed by atoms with Gasteiger partial charge < -0.3 is 10.3 Å². The molecule has 0 spiro atoms. The highest BCUT2D eigenvalue weighted by Crippen LogP contribution is 2.23. The number of fused-ring (bicyclic) bond motifs is 1. The number of aryl methyl sites for hydroxylation is 1. The number of benzene rings is 2. The number of carbonyl (C=O) groups is 2. The Bertz CT molecular complexity index is 899. The first kappa shape index (κ1) is 15.0. The molecular formula is C18H15FN2O2. The number of carbonyl (C=O) groups excluding carboxylic acids is 2. The number of anilines is 1. The molecule has 0 saturated heterocycles. The Hall–Kier alpha value is -2.95. The first-order valence-corrected chi connectivity index (χ1v) is 7.30. The van der Waals surface area contributed by atoms with E-state index in [9.17, 15) is 14.0 Å². The molecule has 2 aromatic carbocycles. The van der Waals surface area contributed by atoms with Gasteiger partial charge in [0.2, 0.25) is 0 Å². The predicted octanol–water partition coefficient (Wildman–Crippen LogP) is 3.69. The van der Waals surface area contributed by atoms with Crippen LogP contribution in [0.2, 0.25) is 0 Å². The molecule has 1 aromatic heterocycles. The molecule has 3 aromatic rings. The standard InChI is InChI=1S/C18H15FN2O2/c1-2-11-5-3-8-14-15(10-20-16(11)14)17(22)18(23)21-13-7-4-6-12(19)9-13/h3-10,20H,2H2,1H3,(H,21,23). The van der Waals surface area contributed by atoms with Gasteiger partial charge in [0.25, 0.3) is 11.7 Å². The number of ketones is 1. The van der Waals surface area contributed by atoms with E-state index < -0.39 is 17.5 Å². The summed E-state index contributed by atoms with van der Waals surface area (Å²) in [6.45, 7) is 2.02. The van der Waals surface area contributed by atoms with Crippen LogP contribution in [0.1, 0.15) is 22.8 Å². The van der Waals surface area contributed by atoms with Gasteiger partial charge in [0, 0.05) is 22.8 Å². The highest BCUT2D eigenvalue weighted by molar-refractivity contribution is 6.48. The summed E-state index contributed by atoms with van der Waals surface area (Å²) in [7, 11) is 0. The summed E-state index contributed by atoms with van der Waals surface area (Å²) in [4.78, 5) is 27.6. The molecule has 4 nitrogen and oxygen atoms in total. The van der Waals surface area contributed by atoms with Crippen LogP contribution in [0.3, 0.4) is 0 Å². The number of halogens is 1. The zero-order valence-electron chi connectivity index (χ0n) is 12.5. The maximum Gasteiger partial charge on any atom is 0.296 e. The number of aromatic amines is 1. The quantitative estimate of drug-likeness (QED) is 0.570. The summed E-state index contributed by atoms with van der Waals surface area (Å²) in [6.07, 6.45) is 2.36. The minimum absolute atomic E-state index is 0.248. The molecule has 0 aliphatic carbocycles. The number of nitrogens with one attached hydrogen (secondary N) is 2. The van der Waals surface area contributed by atoms with Crippen LogP contribution in [0.4, 0.5) is 10.1 Å². The van der Waals surface area contributed by atoms with Crippen LogP contribution in [-0.2, 0) is 11.2 Å². The minimum Gasteiger partial charge on any atom is -0.360 e. The number of rotatable bonds is 4. The Kier molecular flexibility index (Phi) is 3.93. The van der Waals surface area contributed by atoms with Crippen molar-refractivity contribution in [3.05, 3.63) is 65.6 Å². The third kappa shape index (κ3) is 2.85. The van der Waals surface area contributed by atoms with Crippen molar-refractivity contribution in [1.29, 1.82) is 0 Å². The second-order valence-electron chi connectivity index (χ2n) is 5.19. The van der Waals surface area contributed by atoms with E-state index in [1.54, 1.807) is 6.07 Å². The lowest BCUT2D eigenvalue weighted by molar-refractivity contribution is -0.112. The van der Waals surface area contributed by atoms with Crippen LogP contribution < -0.4 is 5.32 Å². The van der Waals surface area contributed by atoms with Gasteiger partial charge in [-0.2, -0.15) is 0 Å². The van der Waals surface area contributed by atoms with Crippen LogP contribution >= 0.6 is 0 Å². The van der Waals surface area contributed by atoms with Gasteiger partial charge in [-0.1, -0.05) is 31.2 Å². The molecule has 116 valence electrons. The normalized spacial score (nSPS) is 10.7. The second kappa shape index (κ2) is 6.04. The first-order valence-electron chi connectivity index (χ1n) is 7.30. The summed E-state index contributed by atoms with van der Waals surface area (Å²) >= 11 is 0. The van der Waals surface area contributed by atoms with Gasteiger partial charge in [-0.25, -0.2) is 4.39 Å². The van der Waals surface area contributed by atoms with Crippen molar-refractivity contribution < 1.29 is 14.0 Å². The van der Waals surface area contributed by atoms with E-state index in [1.165, 1.54) is 24.4 Å². The monoisotopic (exact) mass is 310 g/mol. The second-order valence-corrected chi connectivity index (χ2v) is 5.19. The van der Waals surface area contributed by atoms with Crippen molar-refractivity contribution in [2.45, 2.75) is 13.3 Å². The molecule has 0 unspecified atom stereocenters. The smallest absolute Gasteiger partial charge is 0.296 e. The average molecular weight is 310 g/mol. The number of hydrogen-bond acceptors (Lipinski definition) is 2. The summed E-state index contributed by atoms with van der Waals surface area (Å²) in [5, 5.41) is 3.13. The lowest BCUT2D eigenvalue weighted by Crippen LogP contribution is -2.22. The topological polar surface area (TPSA) is 62.0 Å². The maximum atomic E-state index is 13.1.